The van der Waals surface area contributed by atoms with Crippen LogP contribution in [0.1, 0.15) is 24.4 Å². The maximum Gasteiger partial charge on any atom is 0.238 e. The van der Waals surface area contributed by atoms with Crippen LogP contribution in [0.3, 0.4) is 0 Å². The molecule has 4 N–H and O–H groups in total. The molecule has 0 aromatic heterocycles. The first-order chi connectivity index (χ1) is 9.72. The van der Waals surface area contributed by atoms with Crippen LogP contribution in [-0.4, -0.2) is 35.6 Å². The molecule has 5 nitrogen and oxygen atoms in total. The molecule has 0 radical (unpaired) electrons. The van der Waals surface area contributed by atoms with E-state index in [0.29, 0.717) is 13.0 Å². The second-order valence-electron chi connectivity index (χ2n) is 4.83. The fraction of sp³-hybridized carbons (Fsp3) is 0.500. The van der Waals surface area contributed by atoms with Gasteiger partial charge in [0, 0.05) is 12.1 Å². The lowest BCUT2D eigenvalue weighted by Crippen LogP contribution is -2.43. The monoisotopic (exact) mass is 295 g/mol. The van der Waals surface area contributed by atoms with Gasteiger partial charge in [0.1, 0.15) is 11.8 Å². The standard InChI is InChI=1S/C14H21N3O2S/c1-20-8-4-7-15-14(19)12-9-11(16-17-12)10-5-2-3-6-13(10)18/h2-3,5-6,11-12,16-18H,4,7-9H2,1H3,(H,15,19). The molecule has 1 aromatic rings. The summed E-state index contributed by atoms with van der Waals surface area (Å²) in [6.45, 7) is 0.707. The Morgan fingerprint density at radius 3 is 3.00 bits per heavy atom. The van der Waals surface area contributed by atoms with Crippen molar-refractivity contribution in [2.24, 2.45) is 0 Å². The quantitative estimate of drug-likeness (QED) is 0.593. The SMILES string of the molecule is CSCCCNC(=O)C1CC(c2ccccc2O)NN1. The van der Waals surface area contributed by atoms with Crippen LogP contribution in [0.25, 0.3) is 0 Å². The van der Waals surface area contributed by atoms with Gasteiger partial charge in [0.2, 0.25) is 5.91 Å². The van der Waals surface area contributed by atoms with Crippen LogP contribution in [-0.2, 0) is 4.79 Å². The maximum absolute atomic E-state index is 12.0. The zero-order valence-electron chi connectivity index (χ0n) is 11.6. The van der Waals surface area contributed by atoms with Gasteiger partial charge < -0.3 is 10.4 Å². The number of para-hydroxylation sites is 1. The summed E-state index contributed by atoms with van der Waals surface area (Å²) in [5.74, 6) is 1.32. The Morgan fingerprint density at radius 1 is 1.45 bits per heavy atom. The van der Waals surface area contributed by atoms with Gasteiger partial charge in [-0.2, -0.15) is 11.8 Å². The summed E-state index contributed by atoms with van der Waals surface area (Å²) in [6, 6.07) is 6.90. The van der Waals surface area contributed by atoms with Crippen molar-refractivity contribution in [2.45, 2.75) is 24.9 Å². The van der Waals surface area contributed by atoms with E-state index >= 15 is 0 Å². The summed E-state index contributed by atoms with van der Waals surface area (Å²) in [6.07, 6.45) is 3.67. The van der Waals surface area contributed by atoms with Gasteiger partial charge in [0.25, 0.3) is 0 Å². The highest BCUT2D eigenvalue weighted by molar-refractivity contribution is 7.98. The Hall–Kier alpha value is -1.24. The van der Waals surface area contributed by atoms with Crippen molar-refractivity contribution >= 4 is 17.7 Å². The number of carbonyl (C=O) groups excluding carboxylic acids is 1. The van der Waals surface area contributed by atoms with Gasteiger partial charge in [0.15, 0.2) is 0 Å². The van der Waals surface area contributed by atoms with Crippen LogP contribution in [0.5, 0.6) is 5.75 Å². The third-order valence-electron chi connectivity index (χ3n) is 3.36. The average Bonchev–Trinajstić information content (AvgIpc) is 2.93. The summed E-state index contributed by atoms with van der Waals surface area (Å²) >= 11 is 1.78. The predicted octanol–water partition coefficient (Wildman–Crippen LogP) is 1.17. The smallest absolute Gasteiger partial charge is 0.238 e. The Kier molecular flexibility index (Phi) is 5.70. The Bertz CT molecular complexity index is 456. The van der Waals surface area contributed by atoms with Crippen LogP contribution in [0, 0.1) is 0 Å². The van der Waals surface area contributed by atoms with Gasteiger partial charge in [-0.1, -0.05) is 18.2 Å². The number of nitrogens with one attached hydrogen (secondary N) is 3. The van der Waals surface area contributed by atoms with Crippen LogP contribution in [0.4, 0.5) is 0 Å². The molecule has 1 heterocycles. The Balaban J connectivity index is 1.83. The van der Waals surface area contributed by atoms with E-state index < -0.39 is 0 Å². The van der Waals surface area contributed by atoms with Crippen LogP contribution in [0.2, 0.25) is 0 Å². The summed E-state index contributed by atoms with van der Waals surface area (Å²) in [5, 5.41) is 12.8. The van der Waals surface area contributed by atoms with E-state index in [1.54, 1.807) is 23.9 Å². The summed E-state index contributed by atoms with van der Waals surface area (Å²) in [4.78, 5) is 12.0. The number of hydrogen-bond donors (Lipinski definition) is 4. The fourth-order valence-corrected chi connectivity index (χ4v) is 2.70. The molecule has 20 heavy (non-hydrogen) atoms. The molecule has 6 heteroatoms. The van der Waals surface area contributed by atoms with Crippen molar-refractivity contribution in [1.82, 2.24) is 16.2 Å². The molecule has 1 aliphatic heterocycles. The molecule has 0 bridgehead atoms. The number of thioether (sulfide) groups is 1. The third-order valence-corrected chi connectivity index (χ3v) is 4.05. The predicted molar refractivity (Wildman–Crippen MR) is 81.5 cm³/mol. The van der Waals surface area contributed by atoms with Gasteiger partial charge in [-0.3, -0.25) is 4.79 Å². The highest BCUT2D eigenvalue weighted by Crippen LogP contribution is 2.28. The minimum absolute atomic E-state index is 0.0107. The van der Waals surface area contributed by atoms with Crippen molar-refractivity contribution in [3.05, 3.63) is 29.8 Å². The summed E-state index contributed by atoms with van der Waals surface area (Å²) in [5.41, 5.74) is 6.88. The zero-order valence-corrected chi connectivity index (χ0v) is 12.4. The highest BCUT2D eigenvalue weighted by Gasteiger charge is 2.30. The highest BCUT2D eigenvalue weighted by atomic mass is 32.2. The van der Waals surface area contributed by atoms with E-state index in [-0.39, 0.29) is 23.7 Å². The van der Waals surface area contributed by atoms with E-state index in [2.05, 4.69) is 22.4 Å². The molecule has 0 aliphatic carbocycles. The van der Waals surface area contributed by atoms with Crippen molar-refractivity contribution in [3.63, 3.8) is 0 Å². The van der Waals surface area contributed by atoms with Gasteiger partial charge in [-0.15, -0.1) is 0 Å². The molecule has 1 aromatic carbocycles. The normalized spacial score (nSPS) is 21.9. The number of hydrazine groups is 1. The number of carbonyl (C=O) groups is 1. The largest absolute Gasteiger partial charge is 0.508 e. The molecule has 1 saturated heterocycles. The molecule has 1 aliphatic rings. The number of rotatable bonds is 6. The average molecular weight is 295 g/mol. The lowest BCUT2D eigenvalue weighted by atomic mass is 10.0. The van der Waals surface area contributed by atoms with E-state index in [0.717, 1.165) is 17.7 Å². The molecule has 110 valence electrons. The summed E-state index contributed by atoms with van der Waals surface area (Å²) in [7, 11) is 0. The lowest BCUT2D eigenvalue weighted by molar-refractivity contribution is -0.122. The first-order valence-electron chi connectivity index (χ1n) is 6.78. The van der Waals surface area contributed by atoms with Gasteiger partial charge in [0.05, 0.1) is 6.04 Å². The Labute approximate surface area is 123 Å². The molecule has 2 atom stereocenters. The minimum Gasteiger partial charge on any atom is -0.508 e. The number of benzene rings is 1. The Morgan fingerprint density at radius 2 is 2.25 bits per heavy atom. The third kappa shape index (κ3) is 3.88. The molecular formula is C14H21N3O2S. The summed E-state index contributed by atoms with van der Waals surface area (Å²) < 4.78 is 0. The molecule has 0 saturated carbocycles. The van der Waals surface area contributed by atoms with Gasteiger partial charge in [-0.25, -0.2) is 10.9 Å². The first-order valence-corrected chi connectivity index (χ1v) is 8.17. The van der Waals surface area contributed by atoms with Crippen LogP contribution in [0.15, 0.2) is 24.3 Å². The van der Waals surface area contributed by atoms with E-state index in [1.807, 2.05) is 12.1 Å². The number of aromatic hydroxyl groups is 1. The van der Waals surface area contributed by atoms with Crippen molar-refractivity contribution in [2.75, 3.05) is 18.6 Å². The van der Waals surface area contributed by atoms with Gasteiger partial charge in [-0.05, 0) is 30.9 Å². The van der Waals surface area contributed by atoms with Crippen molar-refractivity contribution in [1.29, 1.82) is 0 Å². The zero-order chi connectivity index (χ0) is 14.4. The van der Waals surface area contributed by atoms with Gasteiger partial charge >= 0.3 is 0 Å². The van der Waals surface area contributed by atoms with Crippen molar-refractivity contribution in [3.8, 4) is 5.75 Å². The second kappa shape index (κ2) is 7.52. The number of amides is 1. The first kappa shape index (κ1) is 15.2. The molecule has 0 spiro atoms. The molecular weight excluding hydrogens is 274 g/mol. The number of phenols is 1. The number of phenolic OH excluding ortho intramolecular Hbond substituents is 1. The molecule has 1 amide bonds. The lowest BCUT2D eigenvalue weighted by Gasteiger charge is -2.11. The van der Waals surface area contributed by atoms with Crippen molar-refractivity contribution < 1.29 is 9.90 Å². The minimum atomic E-state index is -0.256. The molecule has 2 unspecified atom stereocenters. The molecule has 1 fully saturated rings. The van der Waals surface area contributed by atoms with Crippen LogP contribution >= 0.6 is 11.8 Å². The number of hydrogen-bond acceptors (Lipinski definition) is 5. The van der Waals surface area contributed by atoms with E-state index in [4.69, 9.17) is 0 Å². The van der Waals surface area contributed by atoms with E-state index in [1.165, 1.54) is 0 Å². The topological polar surface area (TPSA) is 73.4 Å². The second-order valence-corrected chi connectivity index (χ2v) is 5.81. The maximum atomic E-state index is 12.0. The van der Waals surface area contributed by atoms with Crippen LogP contribution < -0.4 is 16.2 Å². The fourth-order valence-electron chi connectivity index (χ4n) is 2.27. The molecule has 2 rings (SSSR count). The van der Waals surface area contributed by atoms with E-state index in [9.17, 15) is 9.90 Å².